The van der Waals surface area contributed by atoms with Crippen molar-refractivity contribution in [1.82, 2.24) is 0 Å². The van der Waals surface area contributed by atoms with E-state index in [1.54, 1.807) is 6.08 Å². The topological polar surface area (TPSA) is 91.0 Å². The number of ether oxygens (including phenoxy) is 2. The molecule has 0 atom stereocenters. The zero-order valence-corrected chi connectivity index (χ0v) is 18.2. The van der Waals surface area contributed by atoms with Crippen LogP contribution in [0.1, 0.15) is 16.7 Å². The molecule has 1 aliphatic heterocycles. The summed E-state index contributed by atoms with van der Waals surface area (Å²) in [6, 6.07) is 21.0. The Labute approximate surface area is 191 Å². The smallest absolute Gasteiger partial charge is 0.363 e. The Bertz CT molecular complexity index is 1200. The number of halogens is 1. The third-order valence-electron chi connectivity index (χ3n) is 4.42. The summed E-state index contributed by atoms with van der Waals surface area (Å²) in [6.07, 6.45) is 1.62. The van der Waals surface area contributed by atoms with Crippen molar-refractivity contribution in [2.45, 2.75) is 6.61 Å². The Morgan fingerprint density at radius 2 is 1.81 bits per heavy atom. The summed E-state index contributed by atoms with van der Waals surface area (Å²) >= 11 is 2.26. The number of hydrogen-bond acceptors (Lipinski definition) is 6. The lowest BCUT2D eigenvalue weighted by Crippen LogP contribution is -2.05. The molecule has 0 N–H and O–H groups in total. The van der Waals surface area contributed by atoms with Crippen LogP contribution in [-0.2, 0) is 16.1 Å². The van der Waals surface area contributed by atoms with E-state index in [1.165, 1.54) is 24.3 Å². The van der Waals surface area contributed by atoms with Gasteiger partial charge in [0.1, 0.15) is 12.4 Å². The van der Waals surface area contributed by atoms with E-state index in [0.29, 0.717) is 17.9 Å². The molecule has 154 valence electrons. The van der Waals surface area contributed by atoms with Crippen LogP contribution in [0.3, 0.4) is 0 Å². The van der Waals surface area contributed by atoms with Crippen molar-refractivity contribution in [2.75, 3.05) is 0 Å². The van der Waals surface area contributed by atoms with Gasteiger partial charge in [0.2, 0.25) is 5.90 Å². The van der Waals surface area contributed by atoms with Crippen LogP contribution in [0.15, 0.2) is 83.5 Å². The van der Waals surface area contributed by atoms with Crippen LogP contribution < -0.4 is 4.74 Å². The number of carbonyl (C=O) groups excluding carboxylic acids is 1. The molecule has 0 saturated carbocycles. The lowest BCUT2D eigenvalue weighted by atomic mass is 10.2. The Kier molecular flexibility index (Phi) is 6.08. The third-order valence-corrected chi connectivity index (χ3v) is 5.09. The number of carbonyl (C=O) groups is 1. The normalized spacial score (nSPS) is 14.3. The molecule has 1 heterocycles. The van der Waals surface area contributed by atoms with Gasteiger partial charge in [-0.15, -0.1) is 0 Å². The number of nitro benzene ring substituents is 1. The lowest BCUT2D eigenvalue weighted by molar-refractivity contribution is -0.384. The van der Waals surface area contributed by atoms with Crippen LogP contribution in [0.2, 0.25) is 0 Å². The van der Waals surface area contributed by atoms with Gasteiger partial charge in [0, 0.05) is 21.3 Å². The molecule has 4 rings (SSSR count). The van der Waals surface area contributed by atoms with E-state index in [-0.39, 0.29) is 17.3 Å². The first-order valence-electron chi connectivity index (χ1n) is 9.23. The summed E-state index contributed by atoms with van der Waals surface area (Å²) in [4.78, 5) is 26.6. The number of cyclic esters (lactones) is 1. The lowest BCUT2D eigenvalue weighted by Gasteiger charge is -2.07. The first-order valence-corrected chi connectivity index (χ1v) is 10.3. The van der Waals surface area contributed by atoms with E-state index in [4.69, 9.17) is 9.47 Å². The molecule has 0 unspecified atom stereocenters. The molecule has 0 fully saturated rings. The number of nitro groups is 1. The number of esters is 1. The summed E-state index contributed by atoms with van der Waals surface area (Å²) in [5.41, 5.74) is 2.44. The van der Waals surface area contributed by atoms with Crippen LogP contribution in [0.25, 0.3) is 6.08 Å². The minimum Gasteiger partial charge on any atom is -0.489 e. The number of hydrogen-bond donors (Lipinski definition) is 0. The highest BCUT2D eigenvalue weighted by atomic mass is 127. The maximum absolute atomic E-state index is 12.2. The standard InChI is InChI=1S/C23H15IN2O5/c24-18-3-1-2-16(12-18)14-30-20-10-4-15(5-11-20)13-21-23(27)31-22(25-21)17-6-8-19(9-7-17)26(28)29/h1-13H,14H2/b21-13-. The molecule has 0 bridgehead atoms. The van der Waals surface area contributed by atoms with Gasteiger partial charge >= 0.3 is 5.97 Å². The fraction of sp³-hybridized carbons (Fsp3) is 0.0435. The zero-order valence-electron chi connectivity index (χ0n) is 16.0. The monoisotopic (exact) mass is 526 g/mol. The van der Waals surface area contributed by atoms with E-state index in [2.05, 4.69) is 33.6 Å². The van der Waals surface area contributed by atoms with E-state index >= 15 is 0 Å². The molecule has 0 aromatic heterocycles. The zero-order chi connectivity index (χ0) is 21.8. The van der Waals surface area contributed by atoms with Crippen LogP contribution >= 0.6 is 22.6 Å². The Morgan fingerprint density at radius 3 is 2.48 bits per heavy atom. The van der Waals surface area contributed by atoms with E-state index in [0.717, 1.165) is 14.7 Å². The van der Waals surface area contributed by atoms with Crippen LogP contribution in [0.5, 0.6) is 5.75 Å². The highest BCUT2D eigenvalue weighted by Gasteiger charge is 2.24. The Morgan fingerprint density at radius 1 is 1.06 bits per heavy atom. The second-order valence-electron chi connectivity index (χ2n) is 6.63. The van der Waals surface area contributed by atoms with Crippen LogP contribution in [-0.4, -0.2) is 16.8 Å². The molecule has 3 aromatic rings. The predicted molar refractivity (Wildman–Crippen MR) is 124 cm³/mol. The molecule has 8 heteroatoms. The number of aliphatic imine (C=N–C) groups is 1. The van der Waals surface area contributed by atoms with Crippen molar-refractivity contribution in [3.63, 3.8) is 0 Å². The van der Waals surface area contributed by atoms with Crippen LogP contribution in [0.4, 0.5) is 5.69 Å². The molecule has 0 aliphatic carbocycles. The van der Waals surface area contributed by atoms with Gasteiger partial charge in [-0.2, -0.15) is 0 Å². The fourth-order valence-corrected chi connectivity index (χ4v) is 3.48. The van der Waals surface area contributed by atoms with Crippen molar-refractivity contribution < 1.29 is 19.2 Å². The number of nitrogens with zero attached hydrogens (tertiary/aromatic N) is 2. The Hall–Kier alpha value is -3.53. The minimum atomic E-state index is -0.577. The number of non-ortho nitro benzene ring substituents is 1. The van der Waals surface area contributed by atoms with Gasteiger partial charge in [0.05, 0.1) is 4.92 Å². The maximum atomic E-state index is 12.2. The average Bonchev–Trinajstić information content (AvgIpc) is 3.13. The second-order valence-corrected chi connectivity index (χ2v) is 7.87. The molecule has 1 aliphatic rings. The number of benzene rings is 3. The van der Waals surface area contributed by atoms with Gasteiger partial charge < -0.3 is 9.47 Å². The van der Waals surface area contributed by atoms with Crippen molar-refractivity contribution in [3.8, 4) is 5.75 Å². The summed E-state index contributed by atoms with van der Waals surface area (Å²) in [7, 11) is 0. The third kappa shape index (κ3) is 5.15. The van der Waals surface area contributed by atoms with Crippen molar-refractivity contribution in [1.29, 1.82) is 0 Å². The highest BCUT2D eigenvalue weighted by molar-refractivity contribution is 14.1. The molecule has 0 saturated heterocycles. The van der Waals surface area contributed by atoms with Crippen molar-refractivity contribution in [2.24, 2.45) is 4.99 Å². The van der Waals surface area contributed by atoms with Gasteiger partial charge in [0.15, 0.2) is 5.70 Å². The summed E-state index contributed by atoms with van der Waals surface area (Å²) in [5, 5.41) is 10.8. The van der Waals surface area contributed by atoms with Gasteiger partial charge in [-0.05, 0) is 76.2 Å². The SMILES string of the molecule is O=C1OC(c2ccc([N+](=O)[O-])cc2)=N/C1=C\c1ccc(OCc2cccc(I)c2)cc1. The predicted octanol–water partition coefficient (Wildman–Crippen LogP) is 5.12. The van der Waals surface area contributed by atoms with E-state index < -0.39 is 10.9 Å². The van der Waals surface area contributed by atoms with E-state index in [9.17, 15) is 14.9 Å². The molecule has 7 nitrogen and oxygen atoms in total. The Balaban J connectivity index is 1.45. The first-order chi connectivity index (χ1) is 15.0. The summed E-state index contributed by atoms with van der Waals surface area (Å²) < 4.78 is 12.2. The minimum absolute atomic E-state index is 0.0475. The van der Waals surface area contributed by atoms with Crippen molar-refractivity contribution in [3.05, 3.63) is 109 Å². The second kappa shape index (κ2) is 9.09. The van der Waals surface area contributed by atoms with Crippen LogP contribution in [0, 0.1) is 13.7 Å². The average molecular weight is 526 g/mol. The van der Waals surface area contributed by atoms with Crippen molar-refractivity contribution >= 4 is 46.2 Å². The van der Waals surface area contributed by atoms with Gasteiger partial charge in [-0.1, -0.05) is 24.3 Å². The number of rotatable bonds is 6. The first kappa shape index (κ1) is 20.7. The molecule has 0 amide bonds. The summed E-state index contributed by atoms with van der Waals surface area (Å²) in [6.45, 7) is 0.465. The maximum Gasteiger partial charge on any atom is 0.363 e. The quantitative estimate of drug-likeness (QED) is 0.146. The van der Waals surface area contributed by atoms with Gasteiger partial charge in [-0.3, -0.25) is 10.1 Å². The van der Waals surface area contributed by atoms with Gasteiger partial charge in [0.25, 0.3) is 5.69 Å². The fourth-order valence-electron chi connectivity index (χ4n) is 2.87. The molecule has 3 aromatic carbocycles. The molecule has 0 radical (unpaired) electrons. The molecular formula is C23H15IN2O5. The molecule has 31 heavy (non-hydrogen) atoms. The largest absolute Gasteiger partial charge is 0.489 e. The van der Waals surface area contributed by atoms with Gasteiger partial charge in [-0.25, -0.2) is 9.79 Å². The highest BCUT2D eigenvalue weighted by Crippen LogP contribution is 2.22. The molecule has 0 spiro atoms. The summed E-state index contributed by atoms with van der Waals surface area (Å²) in [5.74, 6) is 0.251. The van der Waals surface area contributed by atoms with E-state index in [1.807, 2.05) is 42.5 Å². The molecular weight excluding hydrogens is 511 g/mol.